The number of pyridine rings is 1. The monoisotopic (exact) mass is 504 g/mol. The van der Waals surface area contributed by atoms with Crippen LogP contribution in [0, 0.1) is 0 Å². The number of benzene rings is 1. The van der Waals surface area contributed by atoms with Crippen LogP contribution in [0.1, 0.15) is 12.8 Å². The molecule has 0 atom stereocenters. The molecule has 12 heteroatoms. The van der Waals surface area contributed by atoms with Gasteiger partial charge in [-0.1, -0.05) is 12.1 Å². The zero-order chi connectivity index (χ0) is 24.7. The summed E-state index contributed by atoms with van der Waals surface area (Å²) in [4.78, 5) is 24.6. The van der Waals surface area contributed by atoms with Crippen LogP contribution in [0.15, 0.2) is 48.9 Å². The maximum atomic E-state index is 12.2. The SMILES string of the molecule is Nc1ncc(-c2nc(N3CCOCC3)c3ncc(-c4ccc(NS(=O)(=O)C5CC5)cc4)cc3n2)cn1. The molecule has 11 nitrogen and oxygen atoms in total. The van der Waals surface area contributed by atoms with Crippen LogP contribution in [0.2, 0.25) is 0 Å². The lowest BCUT2D eigenvalue weighted by molar-refractivity contribution is 0.122. The van der Waals surface area contributed by atoms with Crippen molar-refractivity contribution in [1.82, 2.24) is 24.9 Å². The minimum Gasteiger partial charge on any atom is -0.378 e. The van der Waals surface area contributed by atoms with Crippen molar-refractivity contribution in [3.8, 4) is 22.5 Å². The van der Waals surface area contributed by atoms with E-state index in [4.69, 9.17) is 25.4 Å². The lowest BCUT2D eigenvalue weighted by Crippen LogP contribution is -2.37. The average Bonchev–Trinajstić information content (AvgIpc) is 3.76. The molecule has 0 spiro atoms. The first-order valence-corrected chi connectivity index (χ1v) is 13.2. The number of fused-ring (bicyclic) bond motifs is 1. The maximum absolute atomic E-state index is 12.2. The second kappa shape index (κ2) is 8.95. The van der Waals surface area contributed by atoms with Crippen molar-refractivity contribution in [2.24, 2.45) is 0 Å². The van der Waals surface area contributed by atoms with E-state index in [2.05, 4.69) is 19.6 Å². The normalized spacial score (nSPS) is 16.3. The molecule has 3 N–H and O–H groups in total. The molecule has 4 heterocycles. The van der Waals surface area contributed by atoms with Crippen LogP contribution < -0.4 is 15.4 Å². The topological polar surface area (TPSA) is 149 Å². The van der Waals surface area contributed by atoms with E-state index in [0.717, 1.165) is 29.8 Å². The lowest BCUT2D eigenvalue weighted by atomic mass is 10.1. The third kappa shape index (κ3) is 4.52. The van der Waals surface area contributed by atoms with E-state index in [1.807, 2.05) is 18.2 Å². The van der Waals surface area contributed by atoms with Crippen molar-refractivity contribution >= 4 is 38.5 Å². The third-order valence-corrected chi connectivity index (χ3v) is 8.07. The quantitative estimate of drug-likeness (QED) is 0.401. The summed E-state index contributed by atoms with van der Waals surface area (Å²) in [5.74, 6) is 1.39. The highest BCUT2D eigenvalue weighted by Crippen LogP contribution is 2.32. The molecule has 6 rings (SSSR count). The van der Waals surface area contributed by atoms with Gasteiger partial charge in [0.05, 0.1) is 29.5 Å². The van der Waals surface area contributed by atoms with Crippen molar-refractivity contribution in [1.29, 1.82) is 0 Å². The summed E-state index contributed by atoms with van der Waals surface area (Å²) in [5.41, 5.74) is 9.96. The molecule has 2 aliphatic rings. The van der Waals surface area contributed by atoms with Crippen molar-refractivity contribution < 1.29 is 13.2 Å². The Morgan fingerprint density at radius 2 is 1.61 bits per heavy atom. The molecule has 1 aliphatic carbocycles. The number of ether oxygens (including phenoxy) is 1. The zero-order valence-electron chi connectivity index (χ0n) is 19.3. The highest BCUT2D eigenvalue weighted by molar-refractivity contribution is 7.93. The molecule has 1 saturated heterocycles. The van der Waals surface area contributed by atoms with E-state index < -0.39 is 10.0 Å². The van der Waals surface area contributed by atoms with Crippen molar-refractivity contribution in [2.75, 3.05) is 41.7 Å². The number of rotatable bonds is 6. The lowest BCUT2D eigenvalue weighted by Gasteiger charge is -2.28. The van der Waals surface area contributed by atoms with Gasteiger partial charge in [0.15, 0.2) is 11.6 Å². The number of sulfonamides is 1. The van der Waals surface area contributed by atoms with Crippen LogP contribution in [-0.2, 0) is 14.8 Å². The predicted octanol–water partition coefficient (Wildman–Crippen LogP) is 2.47. The molecule has 4 aromatic rings. The number of hydrogen-bond donors (Lipinski definition) is 2. The van der Waals surface area contributed by atoms with Crippen LogP contribution in [-0.4, -0.2) is 64.9 Å². The first kappa shape index (κ1) is 22.6. The van der Waals surface area contributed by atoms with Crippen LogP contribution in [0.3, 0.4) is 0 Å². The average molecular weight is 505 g/mol. The fraction of sp³-hybridized carbons (Fsp3) is 0.292. The molecular weight excluding hydrogens is 480 g/mol. The van der Waals surface area contributed by atoms with Gasteiger partial charge in [-0.15, -0.1) is 0 Å². The first-order chi connectivity index (χ1) is 17.5. The highest BCUT2D eigenvalue weighted by atomic mass is 32.2. The fourth-order valence-electron chi connectivity index (χ4n) is 4.10. The van der Waals surface area contributed by atoms with Crippen molar-refractivity contribution in [3.63, 3.8) is 0 Å². The Balaban J connectivity index is 1.38. The molecule has 0 bridgehead atoms. The van der Waals surface area contributed by atoms with Gasteiger partial charge in [0.1, 0.15) is 5.52 Å². The number of nitrogens with two attached hydrogens (primary N) is 1. The summed E-state index contributed by atoms with van der Waals surface area (Å²) in [5, 5.41) is -0.275. The number of nitrogens with one attached hydrogen (secondary N) is 1. The van der Waals surface area contributed by atoms with E-state index >= 15 is 0 Å². The smallest absolute Gasteiger partial charge is 0.235 e. The van der Waals surface area contributed by atoms with Crippen LogP contribution in [0.25, 0.3) is 33.5 Å². The first-order valence-electron chi connectivity index (χ1n) is 11.7. The number of aromatic nitrogens is 5. The summed E-state index contributed by atoms with van der Waals surface area (Å²) >= 11 is 0. The third-order valence-electron chi connectivity index (χ3n) is 6.20. The highest BCUT2D eigenvalue weighted by Gasteiger charge is 2.35. The van der Waals surface area contributed by atoms with E-state index in [1.54, 1.807) is 30.7 Å². The molecule has 2 fully saturated rings. The molecule has 3 aromatic heterocycles. The molecule has 1 saturated carbocycles. The molecule has 1 aliphatic heterocycles. The minimum absolute atomic E-state index is 0.180. The van der Waals surface area contributed by atoms with E-state index in [-0.39, 0.29) is 11.2 Å². The number of hydrogen-bond acceptors (Lipinski definition) is 10. The molecule has 0 unspecified atom stereocenters. The van der Waals surface area contributed by atoms with Crippen molar-refractivity contribution in [3.05, 3.63) is 48.9 Å². The Morgan fingerprint density at radius 1 is 0.917 bits per heavy atom. The zero-order valence-corrected chi connectivity index (χ0v) is 20.1. The minimum atomic E-state index is -3.31. The number of morpholine rings is 1. The predicted molar refractivity (Wildman–Crippen MR) is 137 cm³/mol. The van der Waals surface area contributed by atoms with Gasteiger partial charge in [-0.25, -0.2) is 28.4 Å². The summed E-state index contributed by atoms with van der Waals surface area (Å²) in [6.45, 7) is 2.62. The van der Waals surface area contributed by atoms with Crippen LogP contribution >= 0.6 is 0 Å². The van der Waals surface area contributed by atoms with Gasteiger partial charge in [0.25, 0.3) is 0 Å². The van der Waals surface area contributed by atoms with Gasteiger partial charge in [-0.2, -0.15) is 0 Å². The van der Waals surface area contributed by atoms with Gasteiger partial charge in [-0.05, 0) is 36.6 Å². The summed E-state index contributed by atoms with van der Waals surface area (Å²) in [6, 6.07) is 9.21. The van der Waals surface area contributed by atoms with Crippen LogP contribution in [0.5, 0.6) is 0 Å². The Kier molecular flexibility index (Phi) is 5.61. The number of anilines is 3. The Bertz CT molecular complexity index is 1520. The van der Waals surface area contributed by atoms with Crippen LogP contribution in [0.4, 0.5) is 17.5 Å². The Morgan fingerprint density at radius 3 is 2.31 bits per heavy atom. The molecule has 0 radical (unpaired) electrons. The van der Waals surface area contributed by atoms with E-state index in [9.17, 15) is 8.42 Å². The number of nitrogens with zero attached hydrogens (tertiary/aromatic N) is 6. The Hall–Kier alpha value is -3.90. The fourth-order valence-corrected chi connectivity index (χ4v) is 5.48. The molecule has 36 heavy (non-hydrogen) atoms. The summed E-state index contributed by atoms with van der Waals surface area (Å²) in [7, 11) is -3.31. The van der Waals surface area contributed by atoms with E-state index in [1.165, 1.54) is 0 Å². The molecule has 1 aromatic carbocycles. The summed E-state index contributed by atoms with van der Waals surface area (Å²) < 4.78 is 32.6. The van der Waals surface area contributed by atoms with E-state index in [0.29, 0.717) is 54.4 Å². The van der Waals surface area contributed by atoms with Gasteiger partial charge in [0, 0.05) is 42.9 Å². The molecule has 184 valence electrons. The van der Waals surface area contributed by atoms with Gasteiger partial charge in [0.2, 0.25) is 16.0 Å². The standard InChI is InChI=1S/C24H24N8O3S/c25-24-27-13-17(14-28-24)22-29-20-11-16(12-26-21(20)23(30-22)32-7-9-35-10-8-32)15-1-3-18(4-2-15)31-36(33,34)19-5-6-19/h1-4,11-14,19,31H,5-10H2,(H2,25,27,28). The van der Waals surface area contributed by atoms with Crippen molar-refractivity contribution in [2.45, 2.75) is 18.1 Å². The molecule has 0 amide bonds. The van der Waals surface area contributed by atoms with Gasteiger partial charge < -0.3 is 15.4 Å². The number of nitrogen functional groups attached to an aromatic ring is 1. The van der Waals surface area contributed by atoms with Gasteiger partial charge in [-0.3, -0.25) is 9.71 Å². The summed E-state index contributed by atoms with van der Waals surface area (Å²) in [6.07, 6.45) is 6.42. The maximum Gasteiger partial charge on any atom is 0.235 e. The second-order valence-electron chi connectivity index (χ2n) is 8.82. The van der Waals surface area contributed by atoms with Gasteiger partial charge >= 0.3 is 0 Å². The largest absolute Gasteiger partial charge is 0.378 e. The molecular formula is C24H24N8O3S. The Labute approximate surface area is 207 Å². The second-order valence-corrected chi connectivity index (χ2v) is 10.8.